The van der Waals surface area contributed by atoms with Gasteiger partial charge in [-0.1, -0.05) is 12.1 Å². The Morgan fingerprint density at radius 2 is 1.88 bits per heavy atom. The summed E-state index contributed by atoms with van der Waals surface area (Å²) in [6, 6.07) is 5.09. The number of nitriles is 1. The van der Waals surface area contributed by atoms with E-state index in [4.69, 9.17) is 5.26 Å². The van der Waals surface area contributed by atoms with E-state index in [-0.39, 0.29) is 16.7 Å². The van der Waals surface area contributed by atoms with Gasteiger partial charge in [0.2, 0.25) is 0 Å². The van der Waals surface area contributed by atoms with E-state index in [1.165, 1.54) is 13.0 Å². The first kappa shape index (κ1) is 18.9. The van der Waals surface area contributed by atoms with Gasteiger partial charge in [-0.15, -0.1) is 0 Å². The third kappa shape index (κ3) is 3.12. The Labute approximate surface area is 143 Å². The minimum atomic E-state index is -4.95. The molecule has 1 aliphatic carbocycles. The highest BCUT2D eigenvalue weighted by Gasteiger charge is 2.59. The van der Waals surface area contributed by atoms with E-state index >= 15 is 0 Å². The summed E-state index contributed by atoms with van der Waals surface area (Å²) in [5, 5.41) is 8.94. The number of hydrogen-bond donors (Lipinski definition) is 0. The van der Waals surface area contributed by atoms with Gasteiger partial charge in [-0.3, -0.25) is 4.79 Å². The Bertz CT molecular complexity index is 966. The first-order valence-corrected chi connectivity index (χ1v) is 8.90. The van der Waals surface area contributed by atoms with Gasteiger partial charge in [-0.2, -0.15) is 18.4 Å². The van der Waals surface area contributed by atoms with E-state index in [9.17, 15) is 26.4 Å². The van der Waals surface area contributed by atoms with Crippen LogP contribution in [0.3, 0.4) is 0 Å². The molecule has 0 aliphatic heterocycles. The number of carbonyl (C=O) groups excluding carboxylic acids is 1. The Balaban J connectivity index is 2.90. The second-order valence-electron chi connectivity index (χ2n) is 5.91. The van der Waals surface area contributed by atoms with Gasteiger partial charge in [0.05, 0.1) is 16.5 Å². The van der Waals surface area contributed by atoms with Crippen molar-refractivity contribution in [3.63, 3.8) is 0 Å². The van der Waals surface area contributed by atoms with E-state index < -0.39 is 37.7 Å². The lowest BCUT2D eigenvalue weighted by Gasteiger charge is -2.35. The van der Waals surface area contributed by atoms with Crippen LogP contribution < -0.4 is 0 Å². The lowest BCUT2D eigenvalue weighted by atomic mass is 9.70. The first-order valence-electron chi connectivity index (χ1n) is 7.01. The molecule has 0 N–H and O–H groups in total. The normalized spacial score (nSPS) is 21.4. The zero-order valence-corrected chi connectivity index (χ0v) is 14.3. The maximum absolute atomic E-state index is 13.7. The van der Waals surface area contributed by atoms with Gasteiger partial charge in [0, 0.05) is 12.3 Å². The quantitative estimate of drug-likeness (QED) is 0.803. The number of halogens is 3. The van der Waals surface area contributed by atoms with Crippen molar-refractivity contribution in [2.24, 2.45) is 5.41 Å². The molecule has 1 aromatic carbocycles. The van der Waals surface area contributed by atoms with Gasteiger partial charge in [0.25, 0.3) is 0 Å². The Morgan fingerprint density at radius 1 is 1.28 bits per heavy atom. The van der Waals surface area contributed by atoms with Gasteiger partial charge >= 0.3 is 6.18 Å². The number of hydrogen-bond acceptors (Lipinski definition) is 4. The number of Topliss-reactive ketones (excluding diaryl/α,β-unsaturated/α-hetero) is 1. The molecule has 4 nitrogen and oxygen atoms in total. The minimum absolute atomic E-state index is 0.0144. The molecule has 0 aromatic heterocycles. The van der Waals surface area contributed by atoms with Crippen molar-refractivity contribution in [2.45, 2.75) is 24.9 Å². The Kier molecular flexibility index (Phi) is 4.43. The van der Waals surface area contributed by atoms with E-state index in [0.29, 0.717) is 6.92 Å². The topological polar surface area (TPSA) is 75.0 Å². The molecule has 25 heavy (non-hydrogen) atoms. The molecule has 131 valence electrons. The van der Waals surface area contributed by atoms with Crippen LogP contribution in [0.15, 0.2) is 34.7 Å². The fourth-order valence-corrected chi connectivity index (χ4v) is 3.49. The van der Waals surface area contributed by atoms with Crippen LogP contribution in [0.5, 0.6) is 0 Å². The monoisotopic (exact) mass is 368 g/mol. The van der Waals surface area contributed by atoms with Crippen LogP contribution in [0, 0.1) is 22.8 Å². The molecule has 0 fully saturated rings. The maximum atomic E-state index is 13.7. The summed E-state index contributed by atoms with van der Waals surface area (Å²) in [7, 11) is -3.95. The summed E-state index contributed by atoms with van der Waals surface area (Å²) < 4.78 is 65.2. The fraction of sp³-hybridized carbons (Fsp3) is 0.294. The Hall–Kier alpha value is -2.40. The molecule has 0 heterocycles. The molecule has 2 rings (SSSR count). The summed E-state index contributed by atoms with van der Waals surface area (Å²) in [4.78, 5) is 11.7. The van der Waals surface area contributed by atoms with Crippen LogP contribution in [-0.4, -0.2) is 26.6 Å². The predicted molar refractivity (Wildman–Crippen MR) is 83.8 cm³/mol. The maximum Gasteiger partial charge on any atom is 0.405 e. The van der Waals surface area contributed by atoms with Crippen LogP contribution in [0.4, 0.5) is 13.2 Å². The highest BCUT2D eigenvalue weighted by molar-refractivity contribution is 7.90. The smallest absolute Gasteiger partial charge is 0.293 e. The van der Waals surface area contributed by atoms with Crippen LogP contribution in [-0.2, 0) is 14.6 Å². The third-order valence-electron chi connectivity index (χ3n) is 4.03. The molecule has 1 atom stereocenters. The zero-order valence-electron chi connectivity index (χ0n) is 13.5. The highest BCUT2D eigenvalue weighted by Crippen LogP contribution is 2.51. The van der Waals surface area contributed by atoms with E-state index in [2.05, 4.69) is 6.08 Å². The second-order valence-corrected chi connectivity index (χ2v) is 7.90. The lowest BCUT2D eigenvalue weighted by molar-refractivity contribution is -0.195. The molecule has 1 aliphatic rings. The number of alkyl halides is 3. The van der Waals surface area contributed by atoms with Crippen molar-refractivity contribution in [1.29, 1.82) is 5.26 Å². The molecule has 1 radical (unpaired) electrons. The average Bonchev–Trinajstić information content (AvgIpc) is 2.48. The van der Waals surface area contributed by atoms with Gasteiger partial charge in [0.1, 0.15) is 0 Å². The van der Waals surface area contributed by atoms with Crippen LogP contribution >= 0.6 is 0 Å². The number of sulfone groups is 1. The number of benzene rings is 1. The third-order valence-corrected chi connectivity index (χ3v) is 5.17. The van der Waals surface area contributed by atoms with Gasteiger partial charge in [-0.25, -0.2) is 8.42 Å². The van der Waals surface area contributed by atoms with Gasteiger partial charge in [-0.05, 0) is 42.7 Å². The molecule has 0 saturated heterocycles. The van der Waals surface area contributed by atoms with Crippen molar-refractivity contribution in [1.82, 2.24) is 0 Å². The van der Waals surface area contributed by atoms with Crippen molar-refractivity contribution in [2.75, 3.05) is 6.26 Å². The average molecular weight is 368 g/mol. The number of nitrogens with zero attached hydrogens (tertiary/aromatic N) is 1. The van der Waals surface area contributed by atoms with E-state index in [1.807, 2.05) is 0 Å². The zero-order chi connectivity index (χ0) is 19.2. The molecule has 0 amide bonds. The van der Waals surface area contributed by atoms with Crippen molar-refractivity contribution in [3.05, 3.63) is 47.1 Å². The lowest BCUT2D eigenvalue weighted by Crippen LogP contribution is -2.44. The van der Waals surface area contributed by atoms with Crippen LogP contribution in [0.25, 0.3) is 5.57 Å². The van der Waals surface area contributed by atoms with Gasteiger partial charge < -0.3 is 0 Å². The Morgan fingerprint density at radius 3 is 2.36 bits per heavy atom. The first-order chi connectivity index (χ1) is 11.3. The summed E-state index contributed by atoms with van der Waals surface area (Å²) in [6.45, 7) is 2.10. The van der Waals surface area contributed by atoms with Gasteiger partial charge in [0.15, 0.2) is 21.0 Å². The second kappa shape index (κ2) is 5.85. The molecular formula is C17H13F3NO3S. The summed E-state index contributed by atoms with van der Waals surface area (Å²) in [6.07, 6.45) is -0.882. The molecule has 1 unspecified atom stereocenters. The summed E-state index contributed by atoms with van der Waals surface area (Å²) >= 11 is 0. The number of ketones is 1. The number of allylic oxidation sites excluding steroid dienone is 4. The molecule has 0 bridgehead atoms. The molecule has 0 spiro atoms. The predicted octanol–water partition coefficient (Wildman–Crippen LogP) is 3.25. The molecule has 1 aromatic rings. The fourth-order valence-electron chi connectivity index (χ4n) is 2.57. The van der Waals surface area contributed by atoms with Crippen molar-refractivity contribution < 1.29 is 26.4 Å². The number of rotatable bonds is 2. The molecular weight excluding hydrogens is 355 g/mol. The minimum Gasteiger partial charge on any atom is -0.293 e. The van der Waals surface area contributed by atoms with Crippen molar-refractivity contribution >= 4 is 21.2 Å². The SMILES string of the molecule is CC1=[C]C(=O)C(C)(C(F)(F)F)C(c2ccc(C#N)cc2S(C)(=O)=O)=C1. The van der Waals surface area contributed by atoms with E-state index in [1.54, 1.807) is 6.07 Å². The standard InChI is InChI=1S/C17H13F3NO3S/c1-10-6-13(16(2,15(22)7-10)17(18,19)20)12-5-4-11(9-21)8-14(12)25(3,23)24/h4-6,8H,1-3H3. The molecule has 0 saturated carbocycles. The van der Waals surface area contributed by atoms with Crippen LogP contribution in [0.1, 0.15) is 25.0 Å². The van der Waals surface area contributed by atoms with E-state index in [0.717, 1.165) is 24.5 Å². The van der Waals surface area contributed by atoms with Crippen LogP contribution in [0.2, 0.25) is 0 Å². The highest BCUT2D eigenvalue weighted by atomic mass is 32.2. The summed E-state index contributed by atoms with van der Waals surface area (Å²) in [5.74, 6) is -1.29. The molecule has 8 heteroatoms. The van der Waals surface area contributed by atoms with Crippen molar-refractivity contribution in [3.8, 4) is 6.07 Å². The largest absolute Gasteiger partial charge is 0.405 e. The number of carbonyl (C=O) groups is 1. The summed E-state index contributed by atoms with van der Waals surface area (Å²) in [5.41, 5.74) is -3.52.